The van der Waals surface area contributed by atoms with Crippen LogP contribution < -0.4 is 5.32 Å². The summed E-state index contributed by atoms with van der Waals surface area (Å²) < 4.78 is 27.6. The summed E-state index contributed by atoms with van der Waals surface area (Å²) in [5, 5.41) is 12.9. The number of likely N-dealkylation sites (N-methyl/N-ethyl adjacent to an activating group) is 1. The van der Waals surface area contributed by atoms with Crippen molar-refractivity contribution in [1.29, 1.82) is 0 Å². The SMILES string of the molecule is CN(CCO)CCOC(=S)N[C@H]1C=CS(=O)(=O)C1. The number of nitrogens with one attached hydrogen (secondary N) is 1. The van der Waals surface area contributed by atoms with Gasteiger partial charge in [-0.25, -0.2) is 8.42 Å². The van der Waals surface area contributed by atoms with Gasteiger partial charge in [-0.2, -0.15) is 0 Å². The Morgan fingerprint density at radius 2 is 2.33 bits per heavy atom. The first-order chi connectivity index (χ1) is 8.43. The Balaban J connectivity index is 2.17. The summed E-state index contributed by atoms with van der Waals surface area (Å²) >= 11 is 4.95. The number of aliphatic hydroxyl groups is 1. The van der Waals surface area contributed by atoms with Crippen molar-refractivity contribution in [3.63, 3.8) is 0 Å². The van der Waals surface area contributed by atoms with Crippen molar-refractivity contribution in [2.24, 2.45) is 0 Å². The first-order valence-electron chi connectivity index (χ1n) is 5.56. The van der Waals surface area contributed by atoms with Crippen LogP contribution in [0.4, 0.5) is 0 Å². The predicted molar refractivity (Wildman–Crippen MR) is 73.0 cm³/mol. The van der Waals surface area contributed by atoms with Crippen LogP contribution in [0, 0.1) is 0 Å². The molecule has 1 rings (SSSR count). The Kier molecular flexibility index (Phi) is 6.00. The number of ether oxygens (including phenoxy) is 1. The van der Waals surface area contributed by atoms with E-state index in [2.05, 4.69) is 5.32 Å². The molecule has 0 fully saturated rings. The molecule has 0 bridgehead atoms. The van der Waals surface area contributed by atoms with Gasteiger partial charge in [-0.05, 0) is 25.3 Å². The molecule has 1 atom stereocenters. The predicted octanol–water partition coefficient (Wildman–Crippen LogP) is -0.888. The van der Waals surface area contributed by atoms with Crippen LogP contribution in [0.5, 0.6) is 0 Å². The van der Waals surface area contributed by atoms with Crippen molar-refractivity contribution in [1.82, 2.24) is 10.2 Å². The highest BCUT2D eigenvalue weighted by Crippen LogP contribution is 2.07. The Hall–Kier alpha value is -0.700. The molecule has 18 heavy (non-hydrogen) atoms. The van der Waals surface area contributed by atoms with Crippen molar-refractivity contribution < 1.29 is 18.3 Å². The zero-order valence-electron chi connectivity index (χ0n) is 10.2. The lowest BCUT2D eigenvalue weighted by Gasteiger charge is -2.17. The molecule has 1 aliphatic heterocycles. The lowest BCUT2D eigenvalue weighted by Crippen LogP contribution is -2.37. The number of nitrogens with zero attached hydrogens (tertiary/aromatic N) is 1. The average Bonchev–Trinajstić information content (AvgIpc) is 2.58. The Morgan fingerprint density at radius 3 is 2.89 bits per heavy atom. The van der Waals surface area contributed by atoms with Crippen LogP contribution >= 0.6 is 12.2 Å². The largest absolute Gasteiger partial charge is 0.470 e. The third kappa shape index (κ3) is 5.76. The van der Waals surface area contributed by atoms with E-state index in [0.717, 1.165) is 0 Å². The molecule has 0 aromatic carbocycles. The second-order valence-electron chi connectivity index (χ2n) is 4.07. The number of hydrogen-bond acceptors (Lipinski definition) is 6. The molecule has 1 aliphatic rings. The fourth-order valence-corrected chi connectivity index (χ4v) is 2.91. The molecule has 0 spiro atoms. The summed E-state index contributed by atoms with van der Waals surface area (Å²) in [6.07, 6.45) is 1.56. The molecule has 104 valence electrons. The van der Waals surface area contributed by atoms with Crippen molar-refractivity contribution >= 4 is 27.2 Å². The zero-order valence-corrected chi connectivity index (χ0v) is 11.8. The third-order valence-electron chi connectivity index (χ3n) is 2.42. The number of sulfone groups is 1. The minimum Gasteiger partial charge on any atom is -0.470 e. The topological polar surface area (TPSA) is 78.9 Å². The Morgan fingerprint density at radius 1 is 1.61 bits per heavy atom. The van der Waals surface area contributed by atoms with Crippen LogP contribution in [0.2, 0.25) is 0 Å². The van der Waals surface area contributed by atoms with Gasteiger partial charge in [-0.15, -0.1) is 0 Å². The molecule has 0 saturated carbocycles. The third-order valence-corrected chi connectivity index (χ3v) is 4.05. The molecule has 0 saturated heterocycles. The summed E-state index contributed by atoms with van der Waals surface area (Å²) in [4.78, 5) is 1.91. The molecule has 0 amide bonds. The van der Waals surface area contributed by atoms with Gasteiger partial charge in [0.15, 0.2) is 9.84 Å². The van der Waals surface area contributed by atoms with Crippen molar-refractivity contribution in [2.45, 2.75) is 6.04 Å². The minimum atomic E-state index is -3.08. The molecular weight excluding hydrogens is 276 g/mol. The highest BCUT2D eigenvalue weighted by molar-refractivity contribution is 7.94. The molecule has 2 N–H and O–H groups in total. The fraction of sp³-hybridized carbons (Fsp3) is 0.700. The maximum Gasteiger partial charge on any atom is 0.257 e. The van der Waals surface area contributed by atoms with Gasteiger partial charge in [0.25, 0.3) is 5.17 Å². The Bertz CT molecular complexity index is 408. The number of hydrogen-bond donors (Lipinski definition) is 2. The highest BCUT2D eigenvalue weighted by Gasteiger charge is 2.22. The molecule has 1 heterocycles. The van der Waals surface area contributed by atoms with E-state index in [-0.39, 0.29) is 23.6 Å². The summed E-state index contributed by atoms with van der Waals surface area (Å²) in [5.41, 5.74) is 0. The number of rotatable bonds is 6. The fourth-order valence-electron chi connectivity index (χ4n) is 1.44. The summed E-state index contributed by atoms with van der Waals surface area (Å²) in [6.45, 7) is 1.71. The smallest absolute Gasteiger partial charge is 0.257 e. The van der Waals surface area contributed by atoms with Gasteiger partial charge in [0.05, 0.1) is 18.4 Å². The zero-order chi connectivity index (χ0) is 13.6. The first kappa shape index (κ1) is 15.4. The molecule has 6 nitrogen and oxygen atoms in total. The van der Waals surface area contributed by atoms with E-state index in [9.17, 15) is 8.42 Å². The number of thiocarbonyl (C=S) groups is 1. The number of aliphatic hydroxyl groups excluding tert-OH is 1. The minimum absolute atomic E-state index is 0.0148. The van der Waals surface area contributed by atoms with Crippen molar-refractivity contribution in [2.75, 3.05) is 39.1 Å². The molecule has 8 heteroatoms. The van der Waals surface area contributed by atoms with Crippen LogP contribution in [0.25, 0.3) is 0 Å². The van der Waals surface area contributed by atoms with E-state index in [1.165, 1.54) is 5.41 Å². The lowest BCUT2D eigenvalue weighted by molar-refractivity contribution is 0.187. The van der Waals surface area contributed by atoms with Crippen LogP contribution in [0.15, 0.2) is 11.5 Å². The monoisotopic (exact) mass is 294 g/mol. The second-order valence-corrected chi connectivity index (χ2v) is 6.37. The maximum atomic E-state index is 11.2. The van der Waals surface area contributed by atoms with Gasteiger partial charge in [0.1, 0.15) is 6.61 Å². The summed E-state index contributed by atoms with van der Waals surface area (Å²) in [6, 6.07) is -0.308. The van der Waals surface area contributed by atoms with Gasteiger partial charge in [-0.3, -0.25) is 0 Å². The molecule has 0 radical (unpaired) electrons. The molecule has 0 aliphatic carbocycles. The lowest BCUT2D eigenvalue weighted by atomic mass is 10.3. The summed E-state index contributed by atoms with van der Waals surface area (Å²) in [7, 11) is -1.21. The van der Waals surface area contributed by atoms with Gasteiger partial charge >= 0.3 is 0 Å². The van der Waals surface area contributed by atoms with E-state index in [4.69, 9.17) is 22.1 Å². The average molecular weight is 294 g/mol. The molecule has 0 unspecified atom stereocenters. The Labute approximate surface area is 113 Å². The van der Waals surface area contributed by atoms with Gasteiger partial charge in [-0.1, -0.05) is 0 Å². The highest BCUT2D eigenvalue weighted by atomic mass is 32.2. The van der Waals surface area contributed by atoms with Crippen LogP contribution in [-0.4, -0.2) is 68.7 Å². The van der Waals surface area contributed by atoms with Crippen molar-refractivity contribution in [3.05, 3.63) is 11.5 Å². The summed E-state index contributed by atoms with van der Waals surface area (Å²) in [5.74, 6) is 0.0148. The second kappa shape index (κ2) is 7.03. The van der Waals surface area contributed by atoms with E-state index in [1.54, 1.807) is 6.08 Å². The van der Waals surface area contributed by atoms with Crippen LogP contribution in [0.1, 0.15) is 0 Å². The van der Waals surface area contributed by atoms with Crippen molar-refractivity contribution in [3.8, 4) is 0 Å². The first-order valence-corrected chi connectivity index (χ1v) is 7.69. The van der Waals surface area contributed by atoms with Gasteiger partial charge in [0, 0.05) is 18.5 Å². The maximum absolute atomic E-state index is 11.2. The van der Waals surface area contributed by atoms with E-state index in [1.807, 2.05) is 11.9 Å². The molecular formula is C10H18N2O4S2. The molecule has 0 aromatic rings. The molecule has 0 aromatic heterocycles. The van der Waals surface area contributed by atoms with E-state index >= 15 is 0 Å². The van der Waals surface area contributed by atoms with Crippen LogP contribution in [-0.2, 0) is 14.6 Å². The van der Waals surface area contributed by atoms with E-state index in [0.29, 0.717) is 19.7 Å². The standard InChI is InChI=1S/C10H18N2O4S2/c1-12(3-5-13)4-6-16-10(17)11-9-2-7-18(14,15)8-9/h2,7,9,13H,3-6,8H2,1H3,(H,11,17)/t9-/m0/s1. The van der Waals surface area contributed by atoms with Gasteiger partial charge < -0.3 is 20.1 Å². The van der Waals surface area contributed by atoms with Crippen LogP contribution in [0.3, 0.4) is 0 Å². The van der Waals surface area contributed by atoms with Gasteiger partial charge in [0.2, 0.25) is 0 Å². The normalized spacial score (nSPS) is 21.2. The quantitative estimate of drug-likeness (QED) is 0.615. The van der Waals surface area contributed by atoms with E-state index < -0.39 is 9.84 Å².